The minimum Gasteiger partial charge on any atom is -0.462 e. The highest BCUT2D eigenvalue weighted by atomic mass is 16.6. The predicted molar refractivity (Wildman–Crippen MR) is 78.5 cm³/mol. The fourth-order valence-corrected chi connectivity index (χ4v) is 2.04. The lowest BCUT2D eigenvalue weighted by atomic mass is 10.0. The summed E-state index contributed by atoms with van der Waals surface area (Å²) >= 11 is 0. The van der Waals surface area contributed by atoms with Crippen molar-refractivity contribution in [3.63, 3.8) is 0 Å². The molecule has 0 fully saturated rings. The molecule has 0 aliphatic carbocycles. The Morgan fingerprint density at radius 1 is 1.15 bits per heavy atom. The SMILES string of the molecule is COCCOC(=O)C(N)Cc1ccc2ccccc2c1. The minimum absolute atomic E-state index is 0.237. The van der Waals surface area contributed by atoms with Gasteiger partial charge in [-0.15, -0.1) is 0 Å². The summed E-state index contributed by atoms with van der Waals surface area (Å²) in [6, 6.07) is 13.5. The smallest absolute Gasteiger partial charge is 0.323 e. The normalized spacial score (nSPS) is 12.3. The van der Waals surface area contributed by atoms with Crippen molar-refractivity contribution in [3.8, 4) is 0 Å². The van der Waals surface area contributed by atoms with E-state index in [-0.39, 0.29) is 6.61 Å². The van der Waals surface area contributed by atoms with Crippen molar-refractivity contribution in [3.05, 3.63) is 48.0 Å². The molecule has 0 amide bonds. The lowest BCUT2D eigenvalue weighted by Crippen LogP contribution is -2.35. The summed E-state index contributed by atoms with van der Waals surface area (Å²) in [4.78, 5) is 11.7. The first-order valence-corrected chi connectivity index (χ1v) is 6.59. The number of rotatable bonds is 6. The number of nitrogens with two attached hydrogens (primary N) is 1. The fourth-order valence-electron chi connectivity index (χ4n) is 2.04. The summed E-state index contributed by atoms with van der Waals surface area (Å²) in [5.74, 6) is -0.393. The maximum absolute atomic E-state index is 11.7. The summed E-state index contributed by atoms with van der Waals surface area (Å²) in [7, 11) is 1.56. The van der Waals surface area contributed by atoms with Gasteiger partial charge in [0.15, 0.2) is 0 Å². The van der Waals surface area contributed by atoms with Crippen LogP contribution in [0, 0.1) is 0 Å². The van der Waals surface area contributed by atoms with E-state index in [0.29, 0.717) is 13.0 Å². The Morgan fingerprint density at radius 3 is 2.65 bits per heavy atom. The maximum atomic E-state index is 11.7. The first kappa shape index (κ1) is 14.5. The second-order valence-corrected chi connectivity index (χ2v) is 4.65. The average molecular weight is 273 g/mol. The molecule has 0 aromatic heterocycles. The third-order valence-corrected chi connectivity index (χ3v) is 3.10. The van der Waals surface area contributed by atoms with Crippen LogP contribution in [0.5, 0.6) is 0 Å². The molecule has 0 spiro atoms. The lowest BCUT2D eigenvalue weighted by Gasteiger charge is -2.12. The van der Waals surface area contributed by atoms with Gasteiger partial charge in [-0.05, 0) is 22.8 Å². The second kappa shape index (κ2) is 7.03. The molecule has 0 saturated heterocycles. The molecule has 106 valence electrons. The fraction of sp³-hybridized carbons (Fsp3) is 0.312. The molecule has 4 nitrogen and oxygen atoms in total. The Labute approximate surface area is 118 Å². The average Bonchev–Trinajstić information content (AvgIpc) is 2.47. The van der Waals surface area contributed by atoms with Crippen LogP contribution in [0.1, 0.15) is 5.56 Å². The van der Waals surface area contributed by atoms with Crippen molar-refractivity contribution in [2.75, 3.05) is 20.3 Å². The van der Waals surface area contributed by atoms with Gasteiger partial charge in [-0.3, -0.25) is 4.79 Å². The molecule has 2 aromatic carbocycles. The van der Waals surface area contributed by atoms with E-state index in [1.807, 2.05) is 30.3 Å². The van der Waals surface area contributed by atoms with Gasteiger partial charge in [-0.1, -0.05) is 42.5 Å². The van der Waals surface area contributed by atoms with Crippen LogP contribution in [-0.2, 0) is 20.7 Å². The minimum atomic E-state index is -0.645. The number of benzene rings is 2. The van der Waals surface area contributed by atoms with E-state index in [2.05, 4.69) is 12.1 Å². The van der Waals surface area contributed by atoms with Crippen LogP contribution < -0.4 is 5.73 Å². The highest BCUT2D eigenvalue weighted by Gasteiger charge is 2.15. The van der Waals surface area contributed by atoms with Gasteiger partial charge in [0, 0.05) is 7.11 Å². The van der Waals surface area contributed by atoms with Crippen molar-refractivity contribution in [2.24, 2.45) is 5.73 Å². The molecular weight excluding hydrogens is 254 g/mol. The summed E-state index contributed by atoms with van der Waals surface area (Å²) < 4.78 is 9.84. The van der Waals surface area contributed by atoms with Gasteiger partial charge in [0.1, 0.15) is 12.6 Å². The monoisotopic (exact) mass is 273 g/mol. The molecule has 20 heavy (non-hydrogen) atoms. The number of esters is 1. The molecule has 1 atom stereocenters. The predicted octanol–water partition coefficient (Wildman–Crippen LogP) is 1.90. The van der Waals surface area contributed by atoms with Crippen LogP contribution in [0.15, 0.2) is 42.5 Å². The molecule has 0 radical (unpaired) electrons. The number of hydrogen-bond acceptors (Lipinski definition) is 4. The third-order valence-electron chi connectivity index (χ3n) is 3.10. The molecule has 1 unspecified atom stereocenters. The van der Waals surface area contributed by atoms with E-state index in [4.69, 9.17) is 15.2 Å². The number of carbonyl (C=O) groups is 1. The summed E-state index contributed by atoms with van der Waals surface area (Å²) in [6.45, 7) is 0.620. The number of methoxy groups -OCH3 is 1. The standard InChI is InChI=1S/C16H19NO3/c1-19-8-9-20-16(18)15(17)11-12-6-7-13-4-2-3-5-14(13)10-12/h2-7,10,15H,8-9,11,17H2,1H3. The van der Waals surface area contributed by atoms with Gasteiger partial charge >= 0.3 is 5.97 Å². The highest BCUT2D eigenvalue weighted by molar-refractivity contribution is 5.83. The zero-order valence-corrected chi connectivity index (χ0v) is 11.5. The lowest BCUT2D eigenvalue weighted by molar-refractivity contribution is -0.146. The van der Waals surface area contributed by atoms with E-state index >= 15 is 0 Å². The first-order chi connectivity index (χ1) is 9.70. The Morgan fingerprint density at radius 2 is 1.90 bits per heavy atom. The van der Waals surface area contributed by atoms with Gasteiger partial charge in [-0.25, -0.2) is 0 Å². The first-order valence-electron chi connectivity index (χ1n) is 6.59. The van der Waals surface area contributed by atoms with Crippen LogP contribution in [-0.4, -0.2) is 32.3 Å². The van der Waals surface area contributed by atoms with Gasteiger partial charge in [0.05, 0.1) is 6.61 Å². The second-order valence-electron chi connectivity index (χ2n) is 4.65. The molecule has 0 bridgehead atoms. The van der Waals surface area contributed by atoms with Crippen LogP contribution in [0.4, 0.5) is 0 Å². The number of ether oxygens (including phenoxy) is 2. The third kappa shape index (κ3) is 3.79. The molecule has 0 aliphatic rings. The summed E-state index contributed by atoms with van der Waals surface area (Å²) in [5, 5.41) is 2.32. The number of carbonyl (C=O) groups excluding carboxylic acids is 1. The van der Waals surface area contributed by atoms with E-state index in [1.54, 1.807) is 7.11 Å². The Hall–Kier alpha value is -1.91. The summed E-state index contributed by atoms with van der Waals surface area (Å²) in [6.07, 6.45) is 0.469. The van der Waals surface area contributed by atoms with E-state index < -0.39 is 12.0 Å². The van der Waals surface area contributed by atoms with Crippen LogP contribution in [0.25, 0.3) is 10.8 Å². The van der Waals surface area contributed by atoms with E-state index in [9.17, 15) is 4.79 Å². The zero-order valence-electron chi connectivity index (χ0n) is 11.5. The highest BCUT2D eigenvalue weighted by Crippen LogP contribution is 2.16. The van der Waals surface area contributed by atoms with Crippen molar-refractivity contribution in [1.29, 1.82) is 0 Å². The van der Waals surface area contributed by atoms with Crippen LogP contribution in [0.2, 0.25) is 0 Å². The quantitative estimate of drug-likeness (QED) is 0.645. The molecule has 4 heteroatoms. The van der Waals surface area contributed by atoms with Crippen molar-refractivity contribution >= 4 is 16.7 Å². The Balaban J connectivity index is 1.98. The van der Waals surface area contributed by atoms with E-state index in [1.165, 1.54) is 5.39 Å². The van der Waals surface area contributed by atoms with Gasteiger partial charge in [0.25, 0.3) is 0 Å². The van der Waals surface area contributed by atoms with Crippen molar-refractivity contribution in [2.45, 2.75) is 12.5 Å². The molecule has 0 aliphatic heterocycles. The molecule has 2 rings (SSSR count). The van der Waals surface area contributed by atoms with Crippen molar-refractivity contribution < 1.29 is 14.3 Å². The van der Waals surface area contributed by atoms with Gasteiger partial charge in [-0.2, -0.15) is 0 Å². The Bertz CT molecular complexity index is 583. The number of fused-ring (bicyclic) bond motifs is 1. The molecule has 2 aromatic rings. The molecule has 2 N–H and O–H groups in total. The number of hydrogen-bond donors (Lipinski definition) is 1. The maximum Gasteiger partial charge on any atom is 0.323 e. The molecule has 0 heterocycles. The largest absolute Gasteiger partial charge is 0.462 e. The van der Waals surface area contributed by atoms with Crippen molar-refractivity contribution in [1.82, 2.24) is 0 Å². The molecular formula is C16H19NO3. The van der Waals surface area contributed by atoms with Gasteiger partial charge < -0.3 is 15.2 Å². The molecule has 0 saturated carbocycles. The summed E-state index contributed by atoms with van der Waals surface area (Å²) in [5.41, 5.74) is 6.89. The topological polar surface area (TPSA) is 61.5 Å². The van der Waals surface area contributed by atoms with E-state index in [0.717, 1.165) is 10.9 Å². The Kier molecular flexibility index (Phi) is 5.09. The van der Waals surface area contributed by atoms with Gasteiger partial charge in [0.2, 0.25) is 0 Å². The van der Waals surface area contributed by atoms with Crippen LogP contribution in [0.3, 0.4) is 0 Å². The zero-order chi connectivity index (χ0) is 14.4. The van der Waals surface area contributed by atoms with Crippen LogP contribution >= 0.6 is 0 Å².